The second kappa shape index (κ2) is 4.73. The van der Waals surface area contributed by atoms with Crippen LogP contribution < -0.4 is 5.43 Å². The lowest BCUT2D eigenvalue weighted by Crippen LogP contribution is -2.05. The number of rotatable bonds is 2. The number of hydrogen-bond donors (Lipinski definition) is 1. The number of pyridine rings is 1. The Hall–Kier alpha value is -3.09. The van der Waals surface area contributed by atoms with E-state index in [9.17, 15) is 4.79 Å². The van der Waals surface area contributed by atoms with Gasteiger partial charge in [-0.25, -0.2) is 4.98 Å². The van der Waals surface area contributed by atoms with E-state index < -0.39 is 0 Å². The van der Waals surface area contributed by atoms with Gasteiger partial charge in [0.2, 0.25) is 11.3 Å². The van der Waals surface area contributed by atoms with Crippen molar-refractivity contribution in [2.75, 3.05) is 0 Å². The number of aromatic amines is 1. The summed E-state index contributed by atoms with van der Waals surface area (Å²) in [7, 11) is 0. The molecule has 0 saturated heterocycles. The van der Waals surface area contributed by atoms with E-state index in [0.29, 0.717) is 33.5 Å². The van der Waals surface area contributed by atoms with Gasteiger partial charge in [-0.1, -0.05) is 13.0 Å². The zero-order valence-electron chi connectivity index (χ0n) is 11.7. The molecule has 0 spiro atoms. The van der Waals surface area contributed by atoms with Crippen molar-refractivity contribution in [3.05, 3.63) is 46.2 Å². The minimum atomic E-state index is -0.133. The van der Waals surface area contributed by atoms with Crippen LogP contribution in [0.2, 0.25) is 0 Å². The lowest BCUT2D eigenvalue weighted by atomic mass is 10.1. The summed E-state index contributed by atoms with van der Waals surface area (Å²) in [5.74, 6) is 0.401. The van der Waals surface area contributed by atoms with Gasteiger partial charge in [0, 0.05) is 11.8 Å². The maximum Gasteiger partial charge on any atom is 0.218 e. The van der Waals surface area contributed by atoms with Gasteiger partial charge < -0.3 is 4.42 Å². The smallest absolute Gasteiger partial charge is 0.218 e. The Labute approximate surface area is 124 Å². The third-order valence-corrected chi connectivity index (χ3v) is 3.59. The largest absolute Gasteiger partial charge is 0.454 e. The highest BCUT2D eigenvalue weighted by molar-refractivity contribution is 5.89. The van der Waals surface area contributed by atoms with Gasteiger partial charge >= 0.3 is 0 Å². The van der Waals surface area contributed by atoms with Gasteiger partial charge in [0.25, 0.3) is 0 Å². The zero-order valence-corrected chi connectivity index (χ0v) is 11.7. The first kappa shape index (κ1) is 12.6. The van der Waals surface area contributed by atoms with E-state index in [4.69, 9.17) is 4.42 Å². The molecule has 0 bridgehead atoms. The molecule has 7 nitrogen and oxygen atoms in total. The molecule has 1 N–H and O–H groups in total. The number of benzene rings is 1. The van der Waals surface area contributed by atoms with Crippen LogP contribution in [0.25, 0.3) is 33.5 Å². The Morgan fingerprint density at radius 3 is 2.91 bits per heavy atom. The fourth-order valence-electron chi connectivity index (χ4n) is 2.41. The van der Waals surface area contributed by atoms with E-state index in [2.05, 4.69) is 25.6 Å². The lowest BCUT2D eigenvalue weighted by Gasteiger charge is -2.03. The lowest BCUT2D eigenvalue weighted by molar-refractivity contribution is 0.658. The quantitative estimate of drug-likeness (QED) is 0.568. The van der Waals surface area contributed by atoms with E-state index in [1.54, 1.807) is 12.3 Å². The van der Waals surface area contributed by atoms with Crippen LogP contribution in [0.5, 0.6) is 0 Å². The van der Waals surface area contributed by atoms with Gasteiger partial charge in [0.1, 0.15) is 5.58 Å². The molecule has 0 atom stereocenters. The minimum absolute atomic E-state index is 0.133. The van der Waals surface area contributed by atoms with Crippen molar-refractivity contribution in [2.24, 2.45) is 0 Å². The second-order valence-corrected chi connectivity index (χ2v) is 4.92. The molecule has 0 fully saturated rings. The molecule has 0 saturated carbocycles. The third kappa shape index (κ3) is 1.86. The first-order chi connectivity index (χ1) is 10.8. The summed E-state index contributed by atoms with van der Waals surface area (Å²) < 4.78 is 5.82. The average Bonchev–Trinajstić information content (AvgIpc) is 3.09. The molecule has 1 aromatic carbocycles. The van der Waals surface area contributed by atoms with Crippen LogP contribution in [-0.4, -0.2) is 25.6 Å². The molecular weight excluding hydrogens is 282 g/mol. The maximum atomic E-state index is 12.6. The van der Waals surface area contributed by atoms with Gasteiger partial charge in [-0.3, -0.25) is 4.79 Å². The molecule has 3 heterocycles. The number of aromatic nitrogens is 5. The summed E-state index contributed by atoms with van der Waals surface area (Å²) in [6, 6.07) is 7.32. The van der Waals surface area contributed by atoms with Gasteiger partial charge in [-0.05, 0) is 35.4 Å². The summed E-state index contributed by atoms with van der Waals surface area (Å²) in [6.45, 7) is 2.04. The fraction of sp³-hybridized carbons (Fsp3) is 0.133. The number of H-pyrrole nitrogens is 1. The summed E-state index contributed by atoms with van der Waals surface area (Å²) in [5, 5.41) is 14.2. The molecule has 108 valence electrons. The highest BCUT2D eigenvalue weighted by atomic mass is 16.3. The van der Waals surface area contributed by atoms with Crippen molar-refractivity contribution >= 4 is 22.1 Å². The molecule has 0 aliphatic heterocycles. The zero-order chi connectivity index (χ0) is 15.1. The van der Waals surface area contributed by atoms with Crippen LogP contribution in [0, 0.1) is 0 Å². The highest BCUT2D eigenvalue weighted by Crippen LogP contribution is 2.22. The van der Waals surface area contributed by atoms with E-state index in [1.165, 1.54) is 0 Å². The maximum absolute atomic E-state index is 12.6. The van der Waals surface area contributed by atoms with Crippen LogP contribution >= 0.6 is 0 Å². The SMILES string of the molecule is CCc1ccc2oc3cc(-c4nn[nH]n4)cnc3c(=O)c2c1. The van der Waals surface area contributed by atoms with Crippen molar-refractivity contribution in [1.29, 1.82) is 0 Å². The second-order valence-electron chi connectivity index (χ2n) is 4.92. The van der Waals surface area contributed by atoms with Crippen molar-refractivity contribution in [2.45, 2.75) is 13.3 Å². The molecule has 0 unspecified atom stereocenters. The number of aryl methyl sites for hydroxylation is 1. The van der Waals surface area contributed by atoms with Crippen LogP contribution in [-0.2, 0) is 6.42 Å². The minimum Gasteiger partial charge on any atom is -0.454 e. The third-order valence-electron chi connectivity index (χ3n) is 3.59. The number of fused-ring (bicyclic) bond motifs is 2. The Bertz CT molecular complexity index is 1040. The predicted octanol–water partition coefficient (Wildman–Crippen LogP) is 2.08. The van der Waals surface area contributed by atoms with Crippen LogP contribution in [0.4, 0.5) is 0 Å². The molecule has 4 aromatic rings. The van der Waals surface area contributed by atoms with Gasteiger partial charge in [0.05, 0.1) is 5.39 Å². The standard InChI is InChI=1S/C15H11N5O2/c1-2-8-3-4-11-10(5-8)14(21)13-12(22-11)6-9(7-16-13)15-17-19-20-18-15/h3-7H,2H2,1H3,(H,17,18,19,20). The van der Waals surface area contributed by atoms with Crippen LogP contribution in [0.15, 0.2) is 39.7 Å². The molecule has 3 aromatic heterocycles. The van der Waals surface area contributed by atoms with Crippen molar-refractivity contribution in [3.8, 4) is 11.4 Å². The molecule has 7 heteroatoms. The van der Waals surface area contributed by atoms with E-state index >= 15 is 0 Å². The number of nitrogens with one attached hydrogen (secondary N) is 1. The summed E-state index contributed by atoms with van der Waals surface area (Å²) in [4.78, 5) is 16.8. The predicted molar refractivity (Wildman–Crippen MR) is 80.3 cm³/mol. The number of tetrazole rings is 1. The molecule has 0 aliphatic rings. The summed E-state index contributed by atoms with van der Waals surface area (Å²) in [6.07, 6.45) is 2.40. The topological polar surface area (TPSA) is 97.6 Å². The molecule has 0 amide bonds. The Kier molecular flexibility index (Phi) is 2.72. The molecule has 4 rings (SSSR count). The van der Waals surface area contributed by atoms with Crippen molar-refractivity contribution < 1.29 is 4.42 Å². The molecule has 22 heavy (non-hydrogen) atoms. The summed E-state index contributed by atoms with van der Waals surface area (Å²) >= 11 is 0. The van der Waals surface area contributed by atoms with Crippen molar-refractivity contribution in [3.63, 3.8) is 0 Å². The van der Waals surface area contributed by atoms with E-state index in [-0.39, 0.29) is 5.43 Å². The average molecular weight is 293 g/mol. The number of nitrogens with zero attached hydrogens (tertiary/aromatic N) is 4. The van der Waals surface area contributed by atoms with Gasteiger partial charge in [-0.15, -0.1) is 10.2 Å². The highest BCUT2D eigenvalue weighted by Gasteiger charge is 2.12. The van der Waals surface area contributed by atoms with Crippen LogP contribution in [0.3, 0.4) is 0 Å². The molecule has 0 aliphatic carbocycles. The van der Waals surface area contributed by atoms with Gasteiger partial charge in [0.15, 0.2) is 11.1 Å². The van der Waals surface area contributed by atoms with E-state index in [0.717, 1.165) is 12.0 Å². The fourth-order valence-corrected chi connectivity index (χ4v) is 2.41. The normalized spacial score (nSPS) is 11.3. The molecule has 0 radical (unpaired) electrons. The molecular formula is C15H11N5O2. The van der Waals surface area contributed by atoms with Crippen molar-refractivity contribution in [1.82, 2.24) is 25.6 Å². The van der Waals surface area contributed by atoms with Crippen LogP contribution in [0.1, 0.15) is 12.5 Å². The first-order valence-corrected chi connectivity index (χ1v) is 6.85. The number of hydrogen-bond acceptors (Lipinski definition) is 6. The Morgan fingerprint density at radius 2 is 2.14 bits per heavy atom. The first-order valence-electron chi connectivity index (χ1n) is 6.85. The van der Waals surface area contributed by atoms with E-state index in [1.807, 2.05) is 25.1 Å². The summed E-state index contributed by atoms with van der Waals surface area (Å²) in [5.41, 5.74) is 2.83. The monoisotopic (exact) mass is 293 g/mol. The van der Waals surface area contributed by atoms with Gasteiger partial charge in [-0.2, -0.15) is 5.21 Å². The Balaban J connectivity index is 2.02. The Morgan fingerprint density at radius 1 is 1.23 bits per heavy atom.